The molecular formula is C14H21ClN4O2. The van der Waals surface area contributed by atoms with Crippen LogP contribution in [0.25, 0.3) is 0 Å². The van der Waals surface area contributed by atoms with Gasteiger partial charge in [-0.05, 0) is 18.8 Å². The van der Waals surface area contributed by atoms with Crippen molar-refractivity contribution in [1.82, 2.24) is 9.78 Å². The van der Waals surface area contributed by atoms with Crippen LogP contribution in [0.5, 0.6) is 0 Å². The minimum Gasteiger partial charge on any atom is -0.373 e. The first-order valence-corrected chi connectivity index (χ1v) is 7.89. The number of hydrogen-bond acceptors (Lipinski definition) is 5. The molecule has 116 valence electrons. The molecule has 2 aliphatic rings. The number of aromatic nitrogens is 2. The molecule has 7 heteroatoms. The van der Waals surface area contributed by atoms with Gasteiger partial charge in [-0.2, -0.15) is 5.10 Å². The Morgan fingerprint density at radius 2 is 2.29 bits per heavy atom. The van der Waals surface area contributed by atoms with E-state index in [4.69, 9.17) is 22.1 Å². The Labute approximate surface area is 128 Å². The van der Waals surface area contributed by atoms with Gasteiger partial charge in [0.05, 0.1) is 23.9 Å². The predicted molar refractivity (Wildman–Crippen MR) is 81.9 cm³/mol. The zero-order chi connectivity index (χ0) is 14.8. The zero-order valence-corrected chi connectivity index (χ0v) is 12.8. The quantitative estimate of drug-likeness (QED) is 0.892. The molecule has 1 unspecified atom stereocenters. The number of morpholine rings is 1. The number of anilines is 1. The molecule has 1 atom stereocenters. The van der Waals surface area contributed by atoms with Crippen molar-refractivity contribution in [2.24, 2.45) is 11.7 Å². The fraction of sp³-hybridized carbons (Fsp3) is 0.714. The van der Waals surface area contributed by atoms with E-state index in [0.29, 0.717) is 49.4 Å². The highest BCUT2D eigenvalue weighted by molar-refractivity contribution is 6.33. The van der Waals surface area contributed by atoms with E-state index in [2.05, 4.69) is 5.10 Å². The molecule has 1 aromatic rings. The highest BCUT2D eigenvalue weighted by atomic mass is 35.5. The molecule has 0 bridgehead atoms. The van der Waals surface area contributed by atoms with Crippen LogP contribution in [0.4, 0.5) is 5.69 Å². The van der Waals surface area contributed by atoms with E-state index < -0.39 is 0 Å². The second-order valence-corrected chi connectivity index (χ2v) is 6.21. The highest BCUT2D eigenvalue weighted by Gasteiger charge is 2.26. The van der Waals surface area contributed by atoms with E-state index in [1.807, 2.05) is 4.90 Å². The molecule has 1 aliphatic carbocycles. The van der Waals surface area contributed by atoms with Gasteiger partial charge in [-0.3, -0.25) is 4.79 Å². The van der Waals surface area contributed by atoms with Gasteiger partial charge < -0.3 is 15.4 Å². The first-order chi connectivity index (χ1) is 10.2. The second kappa shape index (κ2) is 6.34. The molecule has 1 saturated heterocycles. The summed E-state index contributed by atoms with van der Waals surface area (Å²) in [6.07, 6.45) is 5.13. The molecule has 21 heavy (non-hydrogen) atoms. The van der Waals surface area contributed by atoms with Crippen LogP contribution in [0.1, 0.15) is 19.3 Å². The molecule has 6 nitrogen and oxygen atoms in total. The highest BCUT2D eigenvalue weighted by Crippen LogP contribution is 2.28. The SMILES string of the molecule is NCC1CN(c2c(Cl)cnn(CC3CCC3)c2=O)CCO1. The molecule has 1 saturated carbocycles. The van der Waals surface area contributed by atoms with Gasteiger partial charge in [0.1, 0.15) is 5.69 Å². The summed E-state index contributed by atoms with van der Waals surface area (Å²) in [6.45, 7) is 2.93. The molecule has 0 amide bonds. The third kappa shape index (κ3) is 3.07. The Kier molecular flexibility index (Phi) is 4.47. The molecule has 0 radical (unpaired) electrons. The molecule has 3 rings (SSSR count). The van der Waals surface area contributed by atoms with Crippen molar-refractivity contribution in [3.05, 3.63) is 21.6 Å². The Morgan fingerprint density at radius 1 is 1.48 bits per heavy atom. The van der Waals surface area contributed by atoms with Crippen LogP contribution < -0.4 is 16.2 Å². The Bertz CT molecular complexity index is 558. The summed E-state index contributed by atoms with van der Waals surface area (Å²) in [6, 6.07) is 0. The standard InChI is InChI=1S/C14H21ClN4O2/c15-12-7-17-19(8-10-2-1-3-10)14(20)13(12)18-4-5-21-11(6-16)9-18/h7,10-11H,1-6,8-9,16H2. The molecular weight excluding hydrogens is 292 g/mol. The van der Waals surface area contributed by atoms with Crippen molar-refractivity contribution < 1.29 is 4.74 Å². The van der Waals surface area contributed by atoms with E-state index in [1.165, 1.54) is 19.3 Å². The Balaban J connectivity index is 1.85. The predicted octanol–water partition coefficient (Wildman–Crippen LogP) is 0.861. The summed E-state index contributed by atoms with van der Waals surface area (Å²) >= 11 is 6.22. The maximum atomic E-state index is 12.7. The smallest absolute Gasteiger partial charge is 0.291 e. The molecule has 2 heterocycles. The number of nitrogens with two attached hydrogens (primary N) is 1. The summed E-state index contributed by atoms with van der Waals surface area (Å²) < 4.78 is 7.10. The lowest BCUT2D eigenvalue weighted by Gasteiger charge is -2.34. The number of ether oxygens (including phenoxy) is 1. The van der Waals surface area contributed by atoms with Crippen LogP contribution in [0, 0.1) is 5.92 Å². The van der Waals surface area contributed by atoms with Gasteiger partial charge in [0.25, 0.3) is 5.56 Å². The number of nitrogens with zero attached hydrogens (tertiary/aromatic N) is 3. The van der Waals surface area contributed by atoms with Crippen molar-refractivity contribution in [2.75, 3.05) is 31.1 Å². The number of hydrogen-bond donors (Lipinski definition) is 1. The van der Waals surface area contributed by atoms with Crippen LogP contribution in [-0.4, -0.2) is 42.1 Å². The van der Waals surface area contributed by atoms with Crippen molar-refractivity contribution in [3.8, 4) is 0 Å². The lowest BCUT2D eigenvalue weighted by Crippen LogP contribution is -2.48. The van der Waals surface area contributed by atoms with E-state index in [1.54, 1.807) is 10.9 Å². The summed E-state index contributed by atoms with van der Waals surface area (Å²) in [4.78, 5) is 14.6. The fourth-order valence-electron chi connectivity index (χ4n) is 2.86. The van der Waals surface area contributed by atoms with E-state index in [9.17, 15) is 4.79 Å². The normalized spacial score (nSPS) is 23.1. The van der Waals surface area contributed by atoms with Crippen LogP contribution in [0.3, 0.4) is 0 Å². The molecule has 2 N–H and O–H groups in total. The van der Waals surface area contributed by atoms with Crippen LogP contribution >= 0.6 is 11.6 Å². The largest absolute Gasteiger partial charge is 0.373 e. The van der Waals surface area contributed by atoms with Crippen molar-refractivity contribution in [2.45, 2.75) is 31.9 Å². The average Bonchev–Trinajstić information content (AvgIpc) is 2.45. The van der Waals surface area contributed by atoms with Gasteiger partial charge in [-0.15, -0.1) is 0 Å². The maximum Gasteiger partial charge on any atom is 0.291 e. The minimum atomic E-state index is -0.105. The van der Waals surface area contributed by atoms with Crippen LogP contribution in [-0.2, 0) is 11.3 Å². The number of halogens is 1. The van der Waals surface area contributed by atoms with Gasteiger partial charge in [0, 0.05) is 26.2 Å². The zero-order valence-electron chi connectivity index (χ0n) is 12.0. The first kappa shape index (κ1) is 14.8. The molecule has 1 aromatic heterocycles. The topological polar surface area (TPSA) is 73.4 Å². The first-order valence-electron chi connectivity index (χ1n) is 7.51. The van der Waals surface area contributed by atoms with Gasteiger partial charge in [-0.1, -0.05) is 18.0 Å². The Hall–Kier alpha value is -1.11. The van der Waals surface area contributed by atoms with Crippen LogP contribution in [0.15, 0.2) is 11.0 Å². The van der Waals surface area contributed by atoms with E-state index >= 15 is 0 Å². The molecule has 2 fully saturated rings. The average molecular weight is 313 g/mol. The second-order valence-electron chi connectivity index (χ2n) is 5.80. The monoisotopic (exact) mass is 312 g/mol. The third-order valence-electron chi connectivity index (χ3n) is 4.35. The maximum absolute atomic E-state index is 12.7. The van der Waals surface area contributed by atoms with Crippen molar-refractivity contribution in [3.63, 3.8) is 0 Å². The molecule has 0 aromatic carbocycles. The van der Waals surface area contributed by atoms with Crippen LogP contribution in [0.2, 0.25) is 5.02 Å². The lowest BCUT2D eigenvalue weighted by molar-refractivity contribution is 0.0464. The lowest BCUT2D eigenvalue weighted by atomic mass is 9.85. The van der Waals surface area contributed by atoms with Gasteiger partial charge >= 0.3 is 0 Å². The summed E-state index contributed by atoms with van der Waals surface area (Å²) in [5, 5.41) is 4.59. The third-order valence-corrected chi connectivity index (χ3v) is 4.62. The van der Waals surface area contributed by atoms with Gasteiger partial charge in [0.15, 0.2) is 0 Å². The summed E-state index contributed by atoms with van der Waals surface area (Å²) in [5.41, 5.74) is 6.09. The van der Waals surface area contributed by atoms with E-state index in [0.717, 1.165) is 0 Å². The fourth-order valence-corrected chi connectivity index (χ4v) is 3.10. The minimum absolute atomic E-state index is 0.0533. The summed E-state index contributed by atoms with van der Waals surface area (Å²) in [7, 11) is 0. The van der Waals surface area contributed by atoms with Gasteiger partial charge in [0.2, 0.25) is 0 Å². The molecule has 1 aliphatic heterocycles. The van der Waals surface area contributed by atoms with Gasteiger partial charge in [-0.25, -0.2) is 4.68 Å². The molecule has 0 spiro atoms. The summed E-state index contributed by atoms with van der Waals surface area (Å²) in [5.74, 6) is 0.575. The Morgan fingerprint density at radius 3 is 2.95 bits per heavy atom. The van der Waals surface area contributed by atoms with E-state index in [-0.39, 0.29) is 11.7 Å². The number of rotatable bonds is 4. The van der Waals surface area contributed by atoms with Crippen molar-refractivity contribution in [1.29, 1.82) is 0 Å². The van der Waals surface area contributed by atoms with Crippen molar-refractivity contribution >= 4 is 17.3 Å².